The maximum atomic E-state index is 3.77. The second kappa shape index (κ2) is 10.7. The lowest BCUT2D eigenvalue weighted by Gasteiger charge is -2.24. The first-order valence-electron chi connectivity index (χ1n) is 11.1. The molecule has 0 aliphatic heterocycles. The van der Waals surface area contributed by atoms with E-state index in [1.165, 1.54) is 39.2 Å². The Balaban J connectivity index is 1.91. The minimum Gasteiger partial charge on any atom is -0.383 e. The number of aryl methyl sites for hydroxylation is 3. The van der Waals surface area contributed by atoms with Gasteiger partial charge in [0.2, 0.25) is 0 Å². The Labute approximate surface area is 178 Å². The molecule has 0 heterocycles. The minimum atomic E-state index is 0.522. The Hall–Kier alpha value is -2.00. The second-order valence-corrected chi connectivity index (χ2v) is 9.05. The summed E-state index contributed by atoms with van der Waals surface area (Å²) in [6, 6.07) is 11.1. The number of rotatable bonds is 10. The molecule has 2 aromatic rings. The summed E-state index contributed by atoms with van der Waals surface area (Å²) < 4.78 is 0. The van der Waals surface area contributed by atoms with Crippen LogP contribution in [0, 0.1) is 20.8 Å². The van der Waals surface area contributed by atoms with Crippen molar-refractivity contribution in [2.75, 3.05) is 43.9 Å². The van der Waals surface area contributed by atoms with Gasteiger partial charge in [0.15, 0.2) is 0 Å². The Morgan fingerprint density at radius 1 is 0.759 bits per heavy atom. The highest BCUT2D eigenvalue weighted by atomic mass is 15.1. The molecule has 0 atom stereocenters. The third kappa shape index (κ3) is 6.50. The molecule has 0 aliphatic carbocycles. The number of benzene rings is 2. The fourth-order valence-electron chi connectivity index (χ4n) is 3.91. The molecule has 0 fully saturated rings. The van der Waals surface area contributed by atoms with Crippen LogP contribution in [0.3, 0.4) is 0 Å². The molecular formula is C26H41N3. The average molecular weight is 396 g/mol. The van der Waals surface area contributed by atoms with Gasteiger partial charge >= 0.3 is 0 Å². The Morgan fingerprint density at radius 3 is 1.66 bits per heavy atom. The molecule has 0 saturated carbocycles. The van der Waals surface area contributed by atoms with E-state index in [1.54, 1.807) is 0 Å². The molecule has 0 saturated heterocycles. The highest BCUT2D eigenvalue weighted by Crippen LogP contribution is 2.33. The van der Waals surface area contributed by atoms with E-state index < -0.39 is 0 Å². The molecule has 0 bridgehead atoms. The van der Waals surface area contributed by atoms with E-state index in [-0.39, 0.29) is 0 Å². The molecule has 2 rings (SSSR count). The van der Waals surface area contributed by atoms with Crippen LogP contribution in [-0.2, 0) is 0 Å². The van der Waals surface area contributed by atoms with Gasteiger partial charge in [-0.3, -0.25) is 0 Å². The van der Waals surface area contributed by atoms with Gasteiger partial charge in [-0.05, 0) is 61.9 Å². The molecular weight excluding hydrogens is 354 g/mol. The number of nitrogens with zero attached hydrogens (tertiary/aromatic N) is 1. The fourth-order valence-corrected chi connectivity index (χ4v) is 3.91. The molecule has 2 aromatic carbocycles. The predicted octanol–water partition coefficient (Wildman–Crippen LogP) is 6.31. The maximum Gasteiger partial charge on any atom is 0.0411 e. The molecule has 160 valence electrons. The van der Waals surface area contributed by atoms with Crippen LogP contribution in [0.15, 0.2) is 30.3 Å². The van der Waals surface area contributed by atoms with E-state index in [4.69, 9.17) is 0 Å². The number of anilines is 2. The normalized spacial score (nSPS) is 11.6. The van der Waals surface area contributed by atoms with Crippen molar-refractivity contribution in [3.63, 3.8) is 0 Å². The Morgan fingerprint density at radius 2 is 1.21 bits per heavy atom. The van der Waals surface area contributed by atoms with Crippen LogP contribution in [0.25, 0.3) is 0 Å². The number of nitrogens with one attached hydrogen (secondary N) is 2. The molecule has 3 nitrogen and oxygen atoms in total. The van der Waals surface area contributed by atoms with E-state index in [0.717, 1.165) is 26.2 Å². The molecule has 0 spiro atoms. The van der Waals surface area contributed by atoms with Gasteiger partial charge in [0.1, 0.15) is 0 Å². The van der Waals surface area contributed by atoms with Crippen molar-refractivity contribution in [1.82, 2.24) is 4.90 Å². The molecule has 0 radical (unpaired) electrons. The fraction of sp³-hybridized carbons (Fsp3) is 0.538. The van der Waals surface area contributed by atoms with Crippen molar-refractivity contribution in [2.24, 2.45) is 0 Å². The highest BCUT2D eigenvalue weighted by molar-refractivity contribution is 5.61. The molecule has 0 aromatic heterocycles. The first-order chi connectivity index (χ1) is 13.7. The largest absolute Gasteiger partial charge is 0.383 e. The van der Waals surface area contributed by atoms with Crippen molar-refractivity contribution >= 4 is 11.4 Å². The molecule has 2 N–H and O–H groups in total. The van der Waals surface area contributed by atoms with Gasteiger partial charge in [0.05, 0.1) is 0 Å². The highest BCUT2D eigenvalue weighted by Gasteiger charge is 2.15. The summed E-state index contributed by atoms with van der Waals surface area (Å²) in [6.07, 6.45) is 0. The lowest BCUT2D eigenvalue weighted by Crippen LogP contribution is -2.30. The first-order valence-corrected chi connectivity index (χ1v) is 11.1. The van der Waals surface area contributed by atoms with Crippen molar-refractivity contribution in [2.45, 2.75) is 60.3 Å². The first kappa shape index (κ1) is 23.3. The van der Waals surface area contributed by atoms with E-state index >= 15 is 0 Å². The molecule has 0 aliphatic rings. The van der Waals surface area contributed by atoms with Gasteiger partial charge in [0, 0.05) is 37.6 Å². The number of hydrogen-bond donors (Lipinski definition) is 2. The van der Waals surface area contributed by atoms with E-state index in [1.807, 2.05) is 0 Å². The van der Waals surface area contributed by atoms with Gasteiger partial charge in [-0.15, -0.1) is 0 Å². The quantitative estimate of drug-likeness (QED) is 0.493. The summed E-state index contributed by atoms with van der Waals surface area (Å²) in [5.41, 5.74) is 9.50. The predicted molar refractivity (Wildman–Crippen MR) is 130 cm³/mol. The monoisotopic (exact) mass is 395 g/mol. The lowest BCUT2D eigenvalue weighted by molar-refractivity contribution is 0.360. The SMILES string of the molecule is Cc1cc(C(C)C)c(NCCN(C)CCNc2c(C)cccc2C)c(C(C)C)c1. The van der Waals surface area contributed by atoms with Crippen molar-refractivity contribution < 1.29 is 0 Å². The molecule has 29 heavy (non-hydrogen) atoms. The Bertz CT molecular complexity index is 743. The molecule has 3 heteroatoms. The van der Waals surface area contributed by atoms with Crippen molar-refractivity contribution in [3.05, 3.63) is 58.1 Å². The van der Waals surface area contributed by atoms with E-state index in [9.17, 15) is 0 Å². The van der Waals surface area contributed by atoms with E-state index in [0.29, 0.717) is 11.8 Å². The van der Waals surface area contributed by atoms with Gasteiger partial charge in [0.25, 0.3) is 0 Å². The van der Waals surface area contributed by atoms with Crippen LogP contribution in [0.2, 0.25) is 0 Å². The molecule has 0 amide bonds. The van der Waals surface area contributed by atoms with Crippen LogP contribution in [-0.4, -0.2) is 38.1 Å². The van der Waals surface area contributed by atoms with Crippen LogP contribution in [0.4, 0.5) is 11.4 Å². The Kier molecular flexibility index (Phi) is 8.58. The van der Waals surface area contributed by atoms with E-state index in [2.05, 4.69) is 101 Å². The zero-order valence-corrected chi connectivity index (χ0v) is 19.8. The van der Waals surface area contributed by atoms with Crippen molar-refractivity contribution in [1.29, 1.82) is 0 Å². The summed E-state index contributed by atoms with van der Waals surface area (Å²) in [4.78, 5) is 2.39. The van der Waals surface area contributed by atoms with Crippen LogP contribution in [0.5, 0.6) is 0 Å². The summed E-state index contributed by atoms with van der Waals surface area (Å²) in [6.45, 7) is 19.7. The molecule has 0 unspecified atom stereocenters. The van der Waals surface area contributed by atoms with Crippen molar-refractivity contribution in [3.8, 4) is 0 Å². The maximum absolute atomic E-state index is 3.77. The topological polar surface area (TPSA) is 27.3 Å². The number of hydrogen-bond acceptors (Lipinski definition) is 3. The third-order valence-electron chi connectivity index (χ3n) is 5.66. The number of para-hydroxylation sites is 1. The van der Waals surface area contributed by atoms with Gasteiger partial charge in [-0.25, -0.2) is 0 Å². The summed E-state index contributed by atoms with van der Waals surface area (Å²) >= 11 is 0. The summed E-state index contributed by atoms with van der Waals surface area (Å²) in [7, 11) is 2.20. The van der Waals surface area contributed by atoms with Gasteiger partial charge < -0.3 is 15.5 Å². The van der Waals surface area contributed by atoms with Crippen LogP contribution in [0.1, 0.15) is 67.3 Å². The standard InChI is InChI=1S/C26H41N3/c1-18(2)23-16-20(5)17-24(19(3)4)26(23)28-13-15-29(8)14-12-27-25-21(6)10-9-11-22(25)7/h9-11,16-19,27-28H,12-15H2,1-8H3. The minimum absolute atomic E-state index is 0.522. The summed E-state index contributed by atoms with van der Waals surface area (Å²) in [5.74, 6) is 1.04. The zero-order valence-electron chi connectivity index (χ0n) is 19.8. The van der Waals surface area contributed by atoms with Gasteiger partial charge in [-0.2, -0.15) is 0 Å². The lowest BCUT2D eigenvalue weighted by atomic mass is 9.90. The summed E-state index contributed by atoms with van der Waals surface area (Å²) in [5, 5.41) is 7.38. The van der Waals surface area contributed by atoms with Gasteiger partial charge in [-0.1, -0.05) is 63.6 Å². The average Bonchev–Trinajstić information content (AvgIpc) is 2.64. The third-order valence-corrected chi connectivity index (χ3v) is 5.66. The number of likely N-dealkylation sites (N-methyl/N-ethyl adjacent to an activating group) is 1. The van der Waals surface area contributed by atoms with Crippen LogP contribution >= 0.6 is 0 Å². The zero-order chi connectivity index (χ0) is 21.6. The van der Waals surface area contributed by atoms with Crippen LogP contribution < -0.4 is 10.6 Å². The smallest absolute Gasteiger partial charge is 0.0411 e. The second-order valence-electron chi connectivity index (χ2n) is 9.05.